The Bertz CT molecular complexity index is 1500. The van der Waals surface area contributed by atoms with Gasteiger partial charge in [0, 0.05) is 5.56 Å². The topological polar surface area (TPSA) is 81.0 Å². The molecule has 144 valence electrons. The second kappa shape index (κ2) is 6.66. The first kappa shape index (κ1) is 16.7. The molecule has 6 aromatic rings. The molecule has 1 N–H and O–H groups in total. The summed E-state index contributed by atoms with van der Waals surface area (Å²) in [6.07, 6.45) is 3.35. The van der Waals surface area contributed by atoms with Crippen LogP contribution in [0.1, 0.15) is 5.56 Å². The van der Waals surface area contributed by atoms with Crippen LogP contribution < -0.4 is 4.74 Å². The fraction of sp³-hybridized carbons (Fsp3) is 0.0435. The molecule has 0 saturated carbocycles. The van der Waals surface area contributed by atoms with Gasteiger partial charge in [-0.25, -0.2) is 14.5 Å². The number of aromatic nitrogens is 6. The quantitative estimate of drug-likeness (QED) is 0.481. The van der Waals surface area contributed by atoms with Crippen molar-refractivity contribution < 1.29 is 4.74 Å². The van der Waals surface area contributed by atoms with E-state index in [0.717, 1.165) is 27.9 Å². The minimum atomic E-state index is 0.497. The predicted octanol–water partition coefficient (Wildman–Crippen LogP) is 4.40. The third-order valence-corrected chi connectivity index (χ3v) is 5.13. The van der Waals surface area contributed by atoms with Gasteiger partial charge in [-0.15, -0.1) is 5.10 Å². The van der Waals surface area contributed by atoms with E-state index in [1.807, 2.05) is 42.5 Å². The van der Waals surface area contributed by atoms with Crippen molar-refractivity contribution in [2.75, 3.05) is 0 Å². The Morgan fingerprint density at radius 2 is 1.80 bits per heavy atom. The monoisotopic (exact) mass is 392 g/mol. The van der Waals surface area contributed by atoms with Gasteiger partial charge in [0.05, 0.1) is 11.6 Å². The molecule has 7 nitrogen and oxygen atoms in total. The SMILES string of the molecule is c1ccc2cc(OCc3ccc(-c4nc5c6cn[nH]c6ncn5n4)cc3)ccc2c1. The van der Waals surface area contributed by atoms with E-state index in [4.69, 9.17) is 4.74 Å². The minimum Gasteiger partial charge on any atom is -0.489 e. The smallest absolute Gasteiger partial charge is 0.182 e. The number of fused-ring (bicyclic) bond motifs is 4. The number of hydrogen-bond acceptors (Lipinski definition) is 5. The van der Waals surface area contributed by atoms with Gasteiger partial charge < -0.3 is 4.74 Å². The normalized spacial score (nSPS) is 11.5. The maximum Gasteiger partial charge on any atom is 0.182 e. The fourth-order valence-electron chi connectivity index (χ4n) is 3.54. The molecule has 0 spiro atoms. The van der Waals surface area contributed by atoms with Gasteiger partial charge in [-0.05, 0) is 28.5 Å². The highest BCUT2D eigenvalue weighted by atomic mass is 16.5. The lowest BCUT2D eigenvalue weighted by atomic mass is 10.1. The highest BCUT2D eigenvalue weighted by Gasteiger charge is 2.11. The van der Waals surface area contributed by atoms with Crippen LogP contribution in [0.4, 0.5) is 0 Å². The summed E-state index contributed by atoms with van der Waals surface area (Å²) in [5, 5.41) is 14.6. The molecule has 6 rings (SSSR count). The Morgan fingerprint density at radius 3 is 2.70 bits per heavy atom. The lowest BCUT2D eigenvalue weighted by molar-refractivity contribution is 0.306. The van der Waals surface area contributed by atoms with Crippen LogP contribution >= 0.6 is 0 Å². The second-order valence-corrected chi connectivity index (χ2v) is 7.07. The van der Waals surface area contributed by atoms with Crippen LogP contribution in [-0.4, -0.2) is 29.8 Å². The van der Waals surface area contributed by atoms with E-state index < -0.39 is 0 Å². The summed E-state index contributed by atoms with van der Waals surface area (Å²) < 4.78 is 7.65. The van der Waals surface area contributed by atoms with Crippen LogP contribution in [0.15, 0.2) is 79.3 Å². The van der Waals surface area contributed by atoms with Crippen LogP contribution in [0.5, 0.6) is 5.75 Å². The highest BCUT2D eigenvalue weighted by molar-refractivity contribution is 5.88. The molecule has 0 bridgehead atoms. The standard InChI is InChI=1S/C23H16N6O/c1-2-4-18-11-19(10-9-16(18)3-1)30-13-15-5-7-17(8-6-15)21-26-23-20-12-25-27-22(20)24-14-29(23)28-21/h1-12,14H,13H2,(H,25,27). The van der Waals surface area contributed by atoms with E-state index in [0.29, 0.717) is 18.1 Å². The summed E-state index contributed by atoms with van der Waals surface area (Å²) in [6, 6.07) is 22.5. The van der Waals surface area contributed by atoms with Crippen molar-refractivity contribution in [2.45, 2.75) is 6.61 Å². The molecule has 3 heterocycles. The summed E-state index contributed by atoms with van der Waals surface area (Å²) >= 11 is 0. The number of benzene rings is 3. The Morgan fingerprint density at radius 1 is 0.933 bits per heavy atom. The maximum absolute atomic E-state index is 5.98. The van der Waals surface area contributed by atoms with E-state index in [2.05, 4.69) is 49.5 Å². The summed E-state index contributed by atoms with van der Waals surface area (Å²) in [5.74, 6) is 1.50. The highest BCUT2D eigenvalue weighted by Crippen LogP contribution is 2.23. The van der Waals surface area contributed by atoms with Crippen LogP contribution in [0, 0.1) is 0 Å². The van der Waals surface area contributed by atoms with Crippen molar-refractivity contribution in [1.29, 1.82) is 0 Å². The third-order valence-electron chi connectivity index (χ3n) is 5.13. The van der Waals surface area contributed by atoms with E-state index in [1.54, 1.807) is 17.0 Å². The van der Waals surface area contributed by atoms with Crippen LogP contribution in [0.2, 0.25) is 0 Å². The Balaban J connectivity index is 1.23. The number of H-pyrrole nitrogens is 1. The number of nitrogens with one attached hydrogen (secondary N) is 1. The van der Waals surface area contributed by atoms with Gasteiger partial charge in [-0.3, -0.25) is 5.10 Å². The molecule has 7 heteroatoms. The van der Waals surface area contributed by atoms with Gasteiger partial charge in [0.2, 0.25) is 0 Å². The summed E-state index contributed by atoms with van der Waals surface area (Å²) in [7, 11) is 0. The maximum atomic E-state index is 5.98. The molecular formula is C23H16N6O. The largest absolute Gasteiger partial charge is 0.489 e. The van der Waals surface area contributed by atoms with E-state index in [-0.39, 0.29) is 0 Å². The van der Waals surface area contributed by atoms with Gasteiger partial charge >= 0.3 is 0 Å². The molecule has 3 aromatic heterocycles. The number of aromatic amines is 1. The molecule has 0 amide bonds. The van der Waals surface area contributed by atoms with Crippen LogP contribution in [0.25, 0.3) is 38.8 Å². The summed E-state index contributed by atoms with van der Waals surface area (Å²) in [4.78, 5) is 8.94. The van der Waals surface area contributed by atoms with Gasteiger partial charge in [0.1, 0.15) is 18.7 Å². The zero-order valence-electron chi connectivity index (χ0n) is 15.9. The average molecular weight is 392 g/mol. The second-order valence-electron chi connectivity index (χ2n) is 7.07. The first-order valence-corrected chi connectivity index (χ1v) is 9.59. The Hall–Kier alpha value is -4.26. The predicted molar refractivity (Wildman–Crippen MR) is 114 cm³/mol. The van der Waals surface area contributed by atoms with Gasteiger partial charge in [-0.1, -0.05) is 54.6 Å². The molecule has 0 saturated heterocycles. The molecule has 0 radical (unpaired) electrons. The number of nitrogens with zero attached hydrogens (tertiary/aromatic N) is 5. The average Bonchev–Trinajstić information content (AvgIpc) is 3.44. The van der Waals surface area contributed by atoms with Crippen molar-refractivity contribution >= 4 is 27.5 Å². The molecule has 30 heavy (non-hydrogen) atoms. The Kier molecular flexibility index (Phi) is 3.70. The zero-order valence-corrected chi connectivity index (χ0v) is 15.9. The Labute approximate surface area is 171 Å². The first-order valence-electron chi connectivity index (χ1n) is 9.59. The van der Waals surface area contributed by atoms with E-state index in [9.17, 15) is 0 Å². The molecular weight excluding hydrogens is 376 g/mol. The number of ether oxygens (including phenoxy) is 1. The molecule has 0 aliphatic rings. The van der Waals surface area contributed by atoms with Crippen molar-refractivity contribution in [3.05, 3.63) is 84.8 Å². The lowest BCUT2D eigenvalue weighted by Crippen LogP contribution is -1.95. The van der Waals surface area contributed by atoms with Gasteiger partial charge in [0.25, 0.3) is 0 Å². The molecule has 0 fully saturated rings. The minimum absolute atomic E-state index is 0.497. The van der Waals surface area contributed by atoms with E-state index >= 15 is 0 Å². The van der Waals surface area contributed by atoms with Crippen LogP contribution in [-0.2, 0) is 6.61 Å². The summed E-state index contributed by atoms with van der Waals surface area (Å²) in [6.45, 7) is 0.497. The van der Waals surface area contributed by atoms with Gasteiger partial charge in [0.15, 0.2) is 17.1 Å². The number of hydrogen-bond donors (Lipinski definition) is 1. The van der Waals surface area contributed by atoms with Crippen molar-refractivity contribution in [1.82, 2.24) is 29.8 Å². The third kappa shape index (κ3) is 2.84. The van der Waals surface area contributed by atoms with E-state index in [1.165, 1.54) is 10.8 Å². The lowest BCUT2D eigenvalue weighted by Gasteiger charge is -2.08. The molecule has 3 aromatic carbocycles. The molecule has 0 aliphatic carbocycles. The number of rotatable bonds is 4. The molecule has 0 unspecified atom stereocenters. The molecule has 0 aliphatic heterocycles. The van der Waals surface area contributed by atoms with Crippen molar-refractivity contribution in [3.8, 4) is 17.1 Å². The van der Waals surface area contributed by atoms with Crippen molar-refractivity contribution in [3.63, 3.8) is 0 Å². The van der Waals surface area contributed by atoms with Gasteiger partial charge in [-0.2, -0.15) is 5.10 Å². The fourth-order valence-corrected chi connectivity index (χ4v) is 3.54. The van der Waals surface area contributed by atoms with Crippen molar-refractivity contribution in [2.24, 2.45) is 0 Å². The molecule has 0 atom stereocenters. The summed E-state index contributed by atoms with van der Waals surface area (Å²) in [5.41, 5.74) is 3.44. The zero-order chi connectivity index (χ0) is 19.9. The van der Waals surface area contributed by atoms with Crippen LogP contribution in [0.3, 0.4) is 0 Å². The first-order chi connectivity index (χ1) is 14.8.